The van der Waals surface area contributed by atoms with Gasteiger partial charge in [0.15, 0.2) is 0 Å². The third kappa shape index (κ3) is 2.69. The van der Waals surface area contributed by atoms with Gasteiger partial charge in [0.1, 0.15) is 6.29 Å². The van der Waals surface area contributed by atoms with E-state index in [4.69, 9.17) is 4.74 Å². The zero-order chi connectivity index (χ0) is 13.1. The van der Waals surface area contributed by atoms with E-state index in [0.717, 1.165) is 56.8 Å². The first-order valence-electron chi connectivity index (χ1n) is 6.71. The fraction of sp³-hybridized carbons (Fsp3) is 0.400. The Morgan fingerprint density at radius 1 is 1.16 bits per heavy atom. The number of nitrogens with zero attached hydrogens (tertiary/aromatic N) is 2. The number of benzene rings is 1. The molecule has 1 aliphatic rings. The number of morpholine rings is 1. The molecule has 0 aliphatic carbocycles. The Labute approximate surface area is 112 Å². The molecule has 19 heavy (non-hydrogen) atoms. The van der Waals surface area contributed by atoms with Gasteiger partial charge in [0.25, 0.3) is 0 Å². The van der Waals surface area contributed by atoms with Crippen molar-refractivity contribution in [2.24, 2.45) is 0 Å². The quantitative estimate of drug-likeness (QED) is 0.784. The van der Waals surface area contributed by atoms with Gasteiger partial charge in [-0.1, -0.05) is 12.1 Å². The lowest BCUT2D eigenvalue weighted by Crippen LogP contribution is -2.38. The first-order valence-corrected chi connectivity index (χ1v) is 6.71. The molecule has 1 saturated heterocycles. The summed E-state index contributed by atoms with van der Waals surface area (Å²) in [6.45, 7) is 5.67. The van der Waals surface area contributed by atoms with Gasteiger partial charge in [-0.3, -0.25) is 9.69 Å². The van der Waals surface area contributed by atoms with Gasteiger partial charge in [-0.15, -0.1) is 0 Å². The van der Waals surface area contributed by atoms with Gasteiger partial charge in [-0.05, 0) is 17.5 Å². The lowest BCUT2D eigenvalue weighted by Gasteiger charge is -2.26. The second kappa shape index (κ2) is 5.55. The summed E-state index contributed by atoms with van der Waals surface area (Å²) >= 11 is 0. The molecule has 2 aromatic rings. The smallest absolute Gasteiger partial charge is 0.150 e. The average Bonchev–Trinajstić information content (AvgIpc) is 2.88. The van der Waals surface area contributed by atoms with Crippen molar-refractivity contribution >= 4 is 17.2 Å². The Morgan fingerprint density at radius 2 is 2.00 bits per heavy atom. The molecule has 1 fully saturated rings. The minimum absolute atomic E-state index is 0.735. The van der Waals surface area contributed by atoms with Crippen LogP contribution in [0.3, 0.4) is 0 Å². The molecule has 0 unspecified atom stereocenters. The topological polar surface area (TPSA) is 34.5 Å². The van der Waals surface area contributed by atoms with E-state index in [1.54, 1.807) is 0 Å². The summed E-state index contributed by atoms with van der Waals surface area (Å²) in [6.07, 6.45) is 3.00. The molecule has 0 atom stereocenters. The molecule has 4 nitrogen and oxygen atoms in total. The first kappa shape index (κ1) is 12.4. The van der Waals surface area contributed by atoms with Crippen molar-refractivity contribution in [2.45, 2.75) is 6.54 Å². The highest BCUT2D eigenvalue weighted by Gasteiger charge is 2.10. The van der Waals surface area contributed by atoms with Gasteiger partial charge in [-0.25, -0.2) is 0 Å². The van der Waals surface area contributed by atoms with E-state index in [2.05, 4.69) is 21.7 Å². The lowest BCUT2D eigenvalue weighted by molar-refractivity contribution is 0.0365. The van der Waals surface area contributed by atoms with Crippen LogP contribution in [-0.4, -0.2) is 48.6 Å². The highest BCUT2D eigenvalue weighted by molar-refractivity contribution is 5.87. The van der Waals surface area contributed by atoms with Crippen molar-refractivity contribution in [3.63, 3.8) is 0 Å². The number of hydrogen-bond donors (Lipinski definition) is 0. The maximum absolute atomic E-state index is 10.9. The first-order chi connectivity index (χ1) is 9.36. The number of rotatable bonds is 4. The summed E-state index contributed by atoms with van der Waals surface area (Å²) in [6, 6.07) is 7.93. The molecule has 2 heterocycles. The van der Waals surface area contributed by atoms with E-state index >= 15 is 0 Å². The van der Waals surface area contributed by atoms with Gasteiger partial charge in [0.05, 0.1) is 13.2 Å². The molecule has 1 aromatic carbocycles. The van der Waals surface area contributed by atoms with Gasteiger partial charge in [0.2, 0.25) is 0 Å². The van der Waals surface area contributed by atoms with Crippen LogP contribution in [0, 0.1) is 0 Å². The molecule has 1 aromatic heterocycles. The molecular formula is C15H18N2O2. The number of carbonyl (C=O) groups is 1. The molecule has 100 valence electrons. The van der Waals surface area contributed by atoms with Crippen molar-refractivity contribution in [3.8, 4) is 0 Å². The summed E-state index contributed by atoms with van der Waals surface area (Å²) < 4.78 is 7.57. The predicted octanol–water partition coefficient (Wildman–Crippen LogP) is 1.79. The molecule has 0 amide bonds. The minimum atomic E-state index is 0.735. The number of aromatic nitrogens is 1. The van der Waals surface area contributed by atoms with Crippen LogP contribution in [0.25, 0.3) is 10.9 Å². The van der Waals surface area contributed by atoms with E-state index in [1.165, 1.54) is 5.39 Å². The second-order valence-electron chi connectivity index (χ2n) is 4.90. The lowest BCUT2D eigenvalue weighted by atomic mass is 10.2. The molecule has 1 aliphatic heterocycles. The average molecular weight is 258 g/mol. The van der Waals surface area contributed by atoms with Crippen LogP contribution in [0.5, 0.6) is 0 Å². The molecule has 0 radical (unpaired) electrons. The van der Waals surface area contributed by atoms with Gasteiger partial charge in [-0.2, -0.15) is 0 Å². The summed E-state index contributed by atoms with van der Waals surface area (Å²) in [5.41, 5.74) is 1.87. The zero-order valence-corrected chi connectivity index (χ0v) is 10.9. The Kier molecular flexibility index (Phi) is 3.62. The highest BCUT2D eigenvalue weighted by atomic mass is 16.5. The number of hydrogen-bond acceptors (Lipinski definition) is 3. The minimum Gasteiger partial charge on any atom is -0.379 e. The summed E-state index contributed by atoms with van der Waals surface area (Å²) in [7, 11) is 0. The summed E-state index contributed by atoms with van der Waals surface area (Å²) in [5.74, 6) is 0. The fourth-order valence-electron chi connectivity index (χ4n) is 2.54. The van der Waals surface area contributed by atoms with Crippen LogP contribution in [0.2, 0.25) is 0 Å². The molecule has 0 N–H and O–H groups in total. The third-order valence-electron chi connectivity index (χ3n) is 3.69. The predicted molar refractivity (Wildman–Crippen MR) is 74.6 cm³/mol. The van der Waals surface area contributed by atoms with Gasteiger partial charge < -0.3 is 9.30 Å². The number of ether oxygens (including phenoxy) is 1. The highest BCUT2D eigenvalue weighted by Crippen LogP contribution is 2.17. The Hall–Kier alpha value is -1.65. The van der Waals surface area contributed by atoms with E-state index in [1.807, 2.05) is 18.2 Å². The number of carbonyl (C=O) groups excluding carboxylic acids is 1. The molecule has 3 rings (SSSR count). The maximum atomic E-state index is 10.9. The molecule has 0 saturated carbocycles. The number of fused-ring (bicyclic) bond motifs is 1. The van der Waals surface area contributed by atoms with E-state index < -0.39 is 0 Å². The second-order valence-corrected chi connectivity index (χ2v) is 4.90. The van der Waals surface area contributed by atoms with E-state index in [0.29, 0.717) is 0 Å². The zero-order valence-electron chi connectivity index (χ0n) is 10.9. The fourth-order valence-corrected chi connectivity index (χ4v) is 2.54. The van der Waals surface area contributed by atoms with Crippen molar-refractivity contribution in [2.75, 3.05) is 32.8 Å². The molecule has 0 spiro atoms. The molecule has 4 heteroatoms. The molecular weight excluding hydrogens is 240 g/mol. The Morgan fingerprint density at radius 3 is 2.79 bits per heavy atom. The Bertz CT molecular complexity index is 571. The normalized spacial score (nSPS) is 16.8. The van der Waals surface area contributed by atoms with Crippen LogP contribution < -0.4 is 0 Å². The third-order valence-corrected chi connectivity index (χ3v) is 3.69. The van der Waals surface area contributed by atoms with Crippen LogP contribution in [-0.2, 0) is 11.3 Å². The maximum Gasteiger partial charge on any atom is 0.150 e. The van der Waals surface area contributed by atoms with Crippen LogP contribution in [0.15, 0.2) is 30.5 Å². The van der Waals surface area contributed by atoms with Crippen molar-refractivity contribution in [1.82, 2.24) is 9.47 Å². The van der Waals surface area contributed by atoms with Crippen molar-refractivity contribution < 1.29 is 9.53 Å². The van der Waals surface area contributed by atoms with Gasteiger partial charge >= 0.3 is 0 Å². The number of aldehydes is 1. The van der Waals surface area contributed by atoms with E-state index in [-0.39, 0.29) is 0 Å². The summed E-state index contributed by atoms with van der Waals surface area (Å²) in [4.78, 5) is 13.3. The summed E-state index contributed by atoms with van der Waals surface area (Å²) in [5, 5.41) is 1.19. The van der Waals surface area contributed by atoms with Crippen LogP contribution >= 0.6 is 0 Å². The largest absolute Gasteiger partial charge is 0.379 e. The SMILES string of the molecule is O=Cc1ccc2ccn(CCN3CCOCC3)c2c1. The van der Waals surface area contributed by atoms with Crippen molar-refractivity contribution in [3.05, 3.63) is 36.0 Å². The van der Waals surface area contributed by atoms with Crippen LogP contribution in [0.1, 0.15) is 10.4 Å². The monoisotopic (exact) mass is 258 g/mol. The molecule has 0 bridgehead atoms. The van der Waals surface area contributed by atoms with Crippen molar-refractivity contribution in [1.29, 1.82) is 0 Å². The van der Waals surface area contributed by atoms with Gasteiger partial charge in [0, 0.05) is 43.5 Å². The van der Waals surface area contributed by atoms with Crippen LogP contribution in [0.4, 0.5) is 0 Å². The standard InChI is InChI=1S/C15H18N2O2/c18-12-13-1-2-14-3-4-17(15(14)11-13)6-5-16-7-9-19-10-8-16/h1-4,11-12H,5-10H2. The Balaban J connectivity index is 1.74. The van der Waals surface area contributed by atoms with E-state index in [9.17, 15) is 4.79 Å².